The molecule has 5 nitrogen and oxygen atoms in total. The fourth-order valence-corrected chi connectivity index (χ4v) is 2.13. The second-order valence-corrected chi connectivity index (χ2v) is 4.14. The molecule has 0 spiro atoms. The molecule has 1 aromatic rings. The van der Waals surface area contributed by atoms with Crippen LogP contribution in [0, 0.1) is 0 Å². The third kappa shape index (κ3) is 3.59. The maximum absolute atomic E-state index is 11.9. The van der Waals surface area contributed by atoms with Gasteiger partial charge in [0, 0.05) is 6.92 Å². The van der Waals surface area contributed by atoms with Crippen LogP contribution in [0.5, 0.6) is 0 Å². The van der Waals surface area contributed by atoms with Crippen molar-refractivity contribution in [2.45, 2.75) is 47.1 Å². The second kappa shape index (κ2) is 6.97. The Labute approximate surface area is 113 Å². The van der Waals surface area contributed by atoms with E-state index in [-0.39, 0.29) is 18.5 Å². The lowest BCUT2D eigenvalue weighted by Gasteiger charge is -2.04. The van der Waals surface area contributed by atoms with Crippen molar-refractivity contribution < 1.29 is 19.1 Å². The summed E-state index contributed by atoms with van der Waals surface area (Å²) in [7, 11) is 0. The second-order valence-electron chi connectivity index (χ2n) is 4.14. The van der Waals surface area contributed by atoms with Crippen molar-refractivity contribution in [3.05, 3.63) is 22.5 Å². The molecule has 0 aromatic carbocycles. The summed E-state index contributed by atoms with van der Waals surface area (Å²) >= 11 is 0. The largest absolute Gasteiger partial charge is 0.461 e. The Balaban J connectivity index is 3.10. The number of carbonyl (C=O) groups is 2. The quantitative estimate of drug-likeness (QED) is 0.803. The van der Waals surface area contributed by atoms with Gasteiger partial charge in [-0.25, -0.2) is 4.79 Å². The number of ether oxygens (including phenoxy) is 2. The van der Waals surface area contributed by atoms with Crippen molar-refractivity contribution >= 4 is 11.9 Å². The predicted molar refractivity (Wildman–Crippen MR) is 71.0 cm³/mol. The van der Waals surface area contributed by atoms with Crippen molar-refractivity contribution in [1.82, 2.24) is 4.98 Å². The highest BCUT2D eigenvalue weighted by molar-refractivity contribution is 5.90. The monoisotopic (exact) mass is 267 g/mol. The summed E-state index contributed by atoms with van der Waals surface area (Å²) in [5.41, 5.74) is 3.23. The van der Waals surface area contributed by atoms with Gasteiger partial charge < -0.3 is 14.5 Å². The van der Waals surface area contributed by atoms with Gasteiger partial charge in [-0.2, -0.15) is 0 Å². The maximum atomic E-state index is 11.9. The molecule has 5 heteroatoms. The van der Waals surface area contributed by atoms with Crippen LogP contribution in [0.15, 0.2) is 0 Å². The number of hydrogen-bond acceptors (Lipinski definition) is 4. The molecule has 1 rings (SSSR count). The minimum atomic E-state index is -0.358. The molecule has 0 aliphatic carbocycles. The summed E-state index contributed by atoms with van der Waals surface area (Å²) in [4.78, 5) is 25.8. The molecule has 0 atom stereocenters. The van der Waals surface area contributed by atoms with Gasteiger partial charge in [0.2, 0.25) is 0 Å². The van der Waals surface area contributed by atoms with Crippen LogP contribution in [0.4, 0.5) is 0 Å². The molecule has 0 saturated heterocycles. The minimum absolute atomic E-state index is 0.158. The summed E-state index contributed by atoms with van der Waals surface area (Å²) in [6.45, 7) is 7.62. The summed E-state index contributed by atoms with van der Waals surface area (Å²) in [5, 5.41) is 0. The molecule has 0 aliphatic rings. The lowest BCUT2D eigenvalue weighted by molar-refractivity contribution is -0.142. The molecule has 0 saturated carbocycles. The number of rotatable bonds is 6. The fraction of sp³-hybridized carbons (Fsp3) is 0.571. The highest BCUT2D eigenvalue weighted by Crippen LogP contribution is 2.22. The first-order valence-corrected chi connectivity index (χ1v) is 6.58. The van der Waals surface area contributed by atoms with E-state index in [4.69, 9.17) is 9.47 Å². The molecule has 0 aliphatic heterocycles. The molecule has 106 valence electrons. The van der Waals surface area contributed by atoms with E-state index in [0.29, 0.717) is 12.3 Å². The number of H-pyrrole nitrogens is 1. The Hall–Kier alpha value is -1.78. The molecule has 0 unspecified atom stereocenters. The third-order valence-corrected chi connectivity index (χ3v) is 2.91. The highest BCUT2D eigenvalue weighted by atomic mass is 16.5. The van der Waals surface area contributed by atoms with Gasteiger partial charge in [-0.05, 0) is 30.9 Å². The number of carbonyl (C=O) groups excluding carboxylic acids is 2. The Bertz CT molecular complexity index is 462. The predicted octanol–water partition coefficient (Wildman–Crippen LogP) is 2.38. The summed E-state index contributed by atoms with van der Waals surface area (Å²) in [5.74, 6) is -0.699. The topological polar surface area (TPSA) is 68.4 Å². The Kier molecular flexibility index (Phi) is 5.60. The molecule has 1 aromatic heterocycles. The third-order valence-electron chi connectivity index (χ3n) is 2.91. The van der Waals surface area contributed by atoms with E-state index in [9.17, 15) is 9.59 Å². The standard InChI is InChI=1S/C14H21NO4/c1-5-10-11(6-2)13(14(17)18-7-3)15-12(10)8-19-9(4)16/h15H,5-8H2,1-4H3. The van der Waals surface area contributed by atoms with Gasteiger partial charge in [0.1, 0.15) is 12.3 Å². The van der Waals surface area contributed by atoms with E-state index in [0.717, 1.165) is 29.7 Å². The number of hydrogen-bond donors (Lipinski definition) is 1. The molecule has 1 heterocycles. The van der Waals surface area contributed by atoms with Crippen molar-refractivity contribution in [3.8, 4) is 0 Å². The molecule has 1 N–H and O–H groups in total. The first kappa shape index (κ1) is 15.3. The van der Waals surface area contributed by atoms with Crippen LogP contribution in [-0.2, 0) is 33.7 Å². The number of esters is 2. The number of nitrogens with one attached hydrogen (secondary N) is 1. The van der Waals surface area contributed by atoms with Crippen LogP contribution in [0.3, 0.4) is 0 Å². The molecular formula is C14H21NO4. The van der Waals surface area contributed by atoms with Gasteiger partial charge in [0.25, 0.3) is 0 Å². The Morgan fingerprint density at radius 2 is 1.68 bits per heavy atom. The van der Waals surface area contributed by atoms with Crippen LogP contribution < -0.4 is 0 Å². The van der Waals surface area contributed by atoms with E-state index in [1.807, 2.05) is 13.8 Å². The zero-order valence-electron chi connectivity index (χ0n) is 12.0. The summed E-state index contributed by atoms with van der Waals surface area (Å²) in [6.07, 6.45) is 1.50. The molecule has 0 amide bonds. The van der Waals surface area contributed by atoms with Crippen LogP contribution >= 0.6 is 0 Å². The van der Waals surface area contributed by atoms with Crippen molar-refractivity contribution in [3.63, 3.8) is 0 Å². The van der Waals surface area contributed by atoms with Gasteiger partial charge in [0.05, 0.1) is 12.3 Å². The van der Waals surface area contributed by atoms with E-state index in [2.05, 4.69) is 4.98 Å². The Morgan fingerprint density at radius 3 is 2.16 bits per heavy atom. The van der Waals surface area contributed by atoms with Gasteiger partial charge in [-0.15, -0.1) is 0 Å². The van der Waals surface area contributed by atoms with Crippen molar-refractivity contribution in [2.24, 2.45) is 0 Å². The fourth-order valence-electron chi connectivity index (χ4n) is 2.13. The van der Waals surface area contributed by atoms with Gasteiger partial charge in [0.15, 0.2) is 0 Å². The van der Waals surface area contributed by atoms with Crippen LogP contribution in [0.1, 0.15) is 55.0 Å². The molecule has 0 bridgehead atoms. The Morgan fingerprint density at radius 1 is 1.05 bits per heavy atom. The maximum Gasteiger partial charge on any atom is 0.355 e. The summed E-state index contributed by atoms with van der Waals surface area (Å²) in [6, 6.07) is 0. The van der Waals surface area contributed by atoms with Gasteiger partial charge >= 0.3 is 11.9 Å². The van der Waals surface area contributed by atoms with Crippen LogP contribution in [0.25, 0.3) is 0 Å². The first-order chi connectivity index (χ1) is 9.04. The molecule has 0 fully saturated rings. The normalized spacial score (nSPS) is 10.3. The molecule has 0 radical (unpaired) electrons. The van der Waals surface area contributed by atoms with Crippen LogP contribution in [-0.4, -0.2) is 23.5 Å². The average molecular weight is 267 g/mol. The highest BCUT2D eigenvalue weighted by Gasteiger charge is 2.21. The van der Waals surface area contributed by atoms with E-state index >= 15 is 0 Å². The zero-order valence-corrected chi connectivity index (χ0v) is 12.0. The molecular weight excluding hydrogens is 246 g/mol. The number of aromatic nitrogens is 1. The lowest BCUT2D eigenvalue weighted by atomic mass is 10.0. The van der Waals surface area contributed by atoms with E-state index in [1.54, 1.807) is 6.92 Å². The van der Waals surface area contributed by atoms with E-state index < -0.39 is 0 Å². The SMILES string of the molecule is CCOC(=O)c1[nH]c(COC(C)=O)c(CC)c1CC. The van der Waals surface area contributed by atoms with Gasteiger partial charge in [-0.1, -0.05) is 13.8 Å². The lowest BCUT2D eigenvalue weighted by Crippen LogP contribution is -2.08. The van der Waals surface area contributed by atoms with E-state index in [1.165, 1.54) is 6.92 Å². The summed E-state index contributed by atoms with van der Waals surface area (Å²) < 4.78 is 10.0. The van der Waals surface area contributed by atoms with Gasteiger partial charge in [-0.3, -0.25) is 4.79 Å². The number of aromatic amines is 1. The zero-order chi connectivity index (χ0) is 14.4. The van der Waals surface area contributed by atoms with Crippen molar-refractivity contribution in [1.29, 1.82) is 0 Å². The average Bonchev–Trinajstić information content (AvgIpc) is 2.74. The first-order valence-electron chi connectivity index (χ1n) is 6.58. The van der Waals surface area contributed by atoms with Crippen LogP contribution in [0.2, 0.25) is 0 Å². The smallest absolute Gasteiger partial charge is 0.355 e. The van der Waals surface area contributed by atoms with Crippen molar-refractivity contribution in [2.75, 3.05) is 6.61 Å². The minimum Gasteiger partial charge on any atom is -0.461 e. The molecule has 19 heavy (non-hydrogen) atoms.